The molecule has 0 aliphatic carbocycles. The summed E-state index contributed by atoms with van der Waals surface area (Å²) in [5.74, 6) is 0.406. The van der Waals surface area contributed by atoms with Crippen LogP contribution < -0.4 is 5.32 Å². The van der Waals surface area contributed by atoms with Gasteiger partial charge in [-0.05, 0) is 11.8 Å². The molecule has 16 heavy (non-hydrogen) atoms. The van der Waals surface area contributed by atoms with Crippen molar-refractivity contribution in [1.29, 1.82) is 0 Å². The van der Waals surface area contributed by atoms with E-state index in [9.17, 15) is 8.42 Å². The molecule has 0 bridgehead atoms. The number of halogens is 1. The molecule has 0 radical (unpaired) electrons. The van der Waals surface area contributed by atoms with Gasteiger partial charge in [0.25, 0.3) is 0 Å². The molecule has 0 rings (SSSR count). The molecule has 0 aromatic rings. The summed E-state index contributed by atoms with van der Waals surface area (Å²) in [5.41, 5.74) is 0.212. The minimum Gasteiger partial charge on any atom is -0.314 e. The summed E-state index contributed by atoms with van der Waals surface area (Å²) in [6.07, 6.45) is 0.919. The first kappa shape index (κ1) is 16.2. The highest BCUT2D eigenvalue weighted by atomic mass is 35.5. The van der Waals surface area contributed by atoms with E-state index in [0.717, 1.165) is 6.42 Å². The van der Waals surface area contributed by atoms with Crippen molar-refractivity contribution in [2.24, 2.45) is 5.41 Å². The highest BCUT2D eigenvalue weighted by molar-refractivity contribution is 7.91. The van der Waals surface area contributed by atoms with Crippen molar-refractivity contribution in [2.45, 2.75) is 39.5 Å². The van der Waals surface area contributed by atoms with E-state index in [-0.39, 0.29) is 22.3 Å². The van der Waals surface area contributed by atoms with Crippen LogP contribution in [0, 0.1) is 5.41 Å². The van der Waals surface area contributed by atoms with Crippen molar-refractivity contribution in [3.63, 3.8) is 0 Å². The van der Waals surface area contributed by atoms with E-state index in [4.69, 9.17) is 11.6 Å². The standard InChI is InChI=1S/C11H24ClNO2S/c1-5-16(14,15)7-6-13-9-10(12)8-11(2,3)4/h10,13H,5-9H2,1-4H3. The fraction of sp³-hybridized carbons (Fsp3) is 1.00. The van der Waals surface area contributed by atoms with Crippen molar-refractivity contribution in [2.75, 3.05) is 24.6 Å². The van der Waals surface area contributed by atoms with Crippen LogP contribution in [0.4, 0.5) is 0 Å². The Morgan fingerprint density at radius 1 is 1.31 bits per heavy atom. The zero-order valence-corrected chi connectivity index (χ0v) is 12.3. The number of alkyl halides is 1. The quantitative estimate of drug-likeness (QED) is 0.568. The fourth-order valence-corrected chi connectivity index (χ4v) is 2.68. The first-order valence-corrected chi connectivity index (χ1v) is 7.97. The van der Waals surface area contributed by atoms with Crippen molar-refractivity contribution in [1.82, 2.24) is 5.32 Å². The van der Waals surface area contributed by atoms with Gasteiger partial charge in [0.05, 0.1) is 5.75 Å². The number of rotatable bonds is 7. The van der Waals surface area contributed by atoms with Crippen LogP contribution in [0.3, 0.4) is 0 Å². The molecule has 5 heteroatoms. The Kier molecular flexibility index (Phi) is 6.90. The van der Waals surface area contributed by atoms with Crippen LogP contribution in [0.5, 0.6) is 0 Å². The van der Waals surface area contributed by atoms with E-state index in [1.807, 2.05) is 0 Å². The van der Waals surface area contributed by atoms with E-state index in [2.05, 4.69) is 26.1 Å². The summed E-state index contributed by atoms with van der Waals surface area (Å²) < 4.78 is 22.4. The molecular weight excluding hydrogens is 246 g/mol. The summed E-state index contributed by atoms with van der Waals surface area (Å²) in [4.78, 5) is 0. The van der Waals surface area contributed by atoms with Crippen LogP contribution in [-0.4, -0.2) is 38.4 Å². The van der Waals surface area contributed by atoms with Crippen molar-refractivity contribution < 1.29 is 8.42 Å². The molecule has 0 aliphatic rings. The smallest absolute Gasteiger partial charge is 0.151 e. The van der Waals surface area contributed by atoms with E-state index in [1.165, 1.54) is 0 Å². The summed E-state index contributed by atoms with van der Waals surface area (Å²) in [7, 11) is -2.86. The predicted molar refractivity (Wildman–Crippen MR) is 70.9 cm³/mol. The molecule has 0 saturated heterocycles. The average molecular weight is 270 g/mol. The van der Waals surface area contributed by atoms with Crippen LogP contribution in [-0.2, 0) is 9.84 Å². The predicted octanol–water partition coefficient (Wildman–Crippen LogP) is 2.05. The second kappa shape index (κ2) is 6.82. The molecule has 0 aromatic carbocycles. The molecule has 0 heterocycles. The monoisotopic (exact) mass is 269 g/mol. The Morgan fingerprint density at radius 3 is 2.31 bits per heavy atom. The van der Waals surface area contributed by atoms with Crippen molar-refractivity contribution >= 4 is 21.4 Å². The van der Waals surface area contributed by atoms with Crippen molar-refractivity contribution in [3.8, 4) is 0 Å². The maximum absolute atomic E-state index is 11.2. The molecule has 1 atom stereocenters. The average Bonchev–Trinajstić information content (AvgIpc) is 2.10. The maximum atomic E-state index is 11.2. The Morgan fingerprint density at radius 2 is 1.88 bits per heavy atom. The lowest BCUT2D eigenvalue weighted by Gasteiger charge is -2.22. The number of nitrogens with one attached hydrogen (secondary N) is 1. The van der Waals surface area contributed by atoms with Gasteiger partial charge >= 0.3 is 0 Å². The second-order valence-corrected chi connectivity index (χ2v) is 8.39. The third kappa shape index (κ3) is 9.43. The largest absolute Gasteiger partial charge is 0.314 e. The van der Waals surface area contributed by atoms with Gasteiger partial charge in [-0.25, -0.2) is 8.42 Å². The van der Waals surface area contributed by atoms with E-state index >= 15 is 0 Å². The lowest BCUT2D eigenvalue weighted by molar-refractivity contribution is 0.365. The van der Waals surface area contributed by atoms with Crippen LogP contribution >= 0.6 is 11.6 Å². The summed E-state index contributed by atoms with van der Waals surface area (Å²) >= 11 is 6.14. The molecule has 1 N–H and O–H groups in total. The lowest BCUT2D eigenvalue weighted by atomic mass is 9.90. The van der Waals surface area contributed by atoms with Gasteiger partial charge in [0.15, 0.2) is 9.84 Å². The molecule has 3 nitrogen and oxygen atoms in total. The van der Waals surface area contributed by atoms with E-state index in [0.29, 0.717) is 13.1 Å². The highest BCUT2D eigenvalue weighted by Gasteiger charge is 2.16. The van der Waals surface area contributed by atoms with Gasteiger partial charge in [0, 0.05) is 24.2 Å². The van der Waals surface area contributed by atoms with Crippen LogP contribution in [0.2, 0.25) is 0 Å². The van der Waals surface area contributed by atoms with Crippen molar-refractivity contribution in [3.05, 3.63) is 0 Å². The van der Waals surface area contributed by atoms with Crippen LogP contribution in [0.15, 0.2) is 0 Å². The molecule has 98 valence electrons. The third-order valence-corrected chi connectivity index (χ3v) is 4.24. The SMILES string of the molecule is CCS(=O)(=O)CCNCC(Cl)CC(C)(C)C. The lowest BCUT2D eigenvalue weighted by Crippen LogP contribution is -2.30. The molecular formula is C11H24ClNO2S. The molecule has 0 saturated carbocycles. The second-order valence-electron chi connectivity index (χ2n) is 5.30. The van der Waals surface area contributed by atoms with E-state index in [1.54, 1.807) is 6.92 Å². The first-order chi connectivity index (χ1) is 7.16. The van der Waals surface area contributed by atoms with Gasteiger partial charge in [-0.15, -0.1) is 11.6 Å². The topological polar surface area (TPSA) is 46.2 Å². The number of hydrogen-bond acceptors (Lipinski definition) is 3. The Labute approximate surface area is 105 Å². The van der Waals surface area contributed by atoms with Gasteiger partial charge in [-0.3, -0.25) is 0 Å². The molecule has 0 aliphatic heterocycles. The van der Waals surface area contributed by atoms with Gasteiger partial charge in [0.2, 0.25) is 0 Å². The van der Waals surface area contributed by atoms with E-state index < -0.39 is 9.84 Å². The zero-order valence-electron chi connectivity index (χ0n) is 10.7. The summed E-state index contributed by atoms with van der Waals surface area (Å²) in [6.45, 7) is 9.25. The number of sulfone groups is 1. The summed E-state index contributed by atoms with van der Waals surface area (Å²) in [6, 6.07) is 0. The highest BCUT2D eigenvalue weighted by Crippen LogP contribution is 2.23. The fourth-order valence-electron chi connectivity index (χ4n) is 1.37. The first-order valence-electron chi connectivity index (χ1n) is 5.71. The Bertz CT molecular complexity index is 283. The normalized spacial score (nSPS) is 15.1. The maximum Gasteiger partial charge on any atom is 0.151 e. The van der Waals surface area contributed by atoms with Gasteiger partial charge < -0.3 is 5.32 Å². The van der Waals surface area contributed by atoms with Gasteiger partial charge in [0.1, 0.15) is 0 Å². The number of hydrogen-bond donors (Lipinski definition) is 1. The minimum atomic E-state index is -2.86. The molecule has 0 amide bonds. The van der Waals surface area contributed by atoms with Gasteiger partial charge in [-0.1, -0.05) is 27.7 Å². The van der Waals surface area contributed by atoms with Gasteiger partial charge in [-0.2, -0.15) is 0 Å². The molecule has 0 aromatic heterocycles. The minimum absolute atomic E-state index is 0.0596. The molecule has 1 unspecified atom stereocenters. The van der Waals surface area contributed by atoms with Crippen LogP contribution in [0.25, 0.3) is 0 Å². The Hall–Kier alpha value is 0.200. The zero-order chi connectivity index (χ0) is 12.8. The summed E-state index contributed by atoms with van der Waals surface area (Å²) in [5, 5.41) is 3.15. The molecule has 0 spiro atoms. The Balaban J connectivity index is 3.68. The molecule has 0 fully saturated rings. The van der Waals surface area contributed by atoms with Crippen LogP contribution in [0.1, 0.15) is 34.1 Å². The third-order valence-electron chi connectivity index (χ3n) is 2.23.